The van der Waals surface area contributed by atoms with Gasteiger partial charge in [-0.1, -0.05) is 11.6 Å². The third-order valence-electron chi connectivity index (χ3n) is 1.74. The molecule has 0 aliphatic carbocycles. The van der Waals surface area contributed by atoms with E-state index < -0.39 is 15.7 Å². The predicted octanol–water partition coefficient (Wildman–Crippen LogP) is 1.63. The van der Waals surface area contributed by atoms with Crippen LogP contribution >= 0.6 is 22.3 Å². The van der Waals surface area contributed by atoms with E-state index in [1.165, 1.54) is 6.07 Å². The van der Waals surface area contributed by atoms with E-state index in [9.17, 15) is 8.42 Å². The molecule has 1 aromatic carbocycles. The van der Waals surface area contributed by atoms with Gasteiger partial charge in [-0.15, -0.1) is 0 Å². The zero-order valence-corrected chi connectivity index (χ0v) is 9.57. The van der Waals surface area contributed by atoms with Crippen molar-refractivity contribution in [1.82, 2.24) is 0 Å². The average molecular weight is 266 g/mol. The number of halogens is 2. The Balaban J connectivity index is 3.61. The fourth-order valence-corrected chi connectivity index (χ4v) is 2.51. The van der Waals surface area contributed by atoms with E-state index in [4.69, 9.17) is 32.7 Å². The molecule has 1 rings (SSSR count). The normalized spacial score (nSPS) is 11.1. The maximum Gasteiger partial charge on any atom is 0.261 e. The molecule has 0 atom stereocenters. The maximum atomic E-state index is 11.1. The van der Waals surface area contributed by atoms with E-state index in [0.29, 0.717) is 0 Å². The fourth-order valence-electron chi connectivity index (χ4n) is 1.07. The van der Waals surface area contributed by atoms with Crippen LogP contribution in [0.1, 0.15) is 11.1 Å². The molecule has 0 aromatic heterocycles. The van der Waals surface area contributed by atoms with Gasteiger partial charge in [0.15, 0.2) is 0 Å². The van der Waals surface area contributed by atoms with E-state index in [1.807, 2.05) is 0 Å². The smallest absolute Gasteiger partial charge is 0.261 e. The number of aliphatic hydroxyl groups excluding tert-OH is 1. The first kappa shape index (κ1) is 12.3. The number of aliphatic hydroxyl groups is 1. The topological polar surface area (TPSA) is 78.2 Å². The minimum atomic E-state index is -3.97. The highest BCUT2D eigenvalue weighted by molar-refractivity contribution is 8.13. The summed E-state index contributed by atoms with van der Waals surface area (Å²) in [6, 6.07) is 4.14. The second-order valence-electron chi connectivity index (χ2n) is 2.61. The van der Waals surface area contributed by atoms with Crippen LogP contribution in [0.4, 0.5) is 0 Å². The summed E-state index contributed by atoms with van der Waals surface area (Å²) < 4.78 is 22.2. The molecule has 0 saturated carbocycles. The summed E-state index contributed by atoms with van der Waals surface area (Å²) in [5.41, 5.74) is 0.0236. The number of hydrogen-bond donors (Lipinski definition) is 1. The second-order valence-corrected chi connectivity index (χ2v) is 5.52. The van der Waals surface area contributed by atoms with Gasteiger partial charge in [0.25, 0.3) is 9.05 Å². The van der Waals surface area contributed by atoms with Gasteiger partial charge in [0.2, 0.25) is 0 Å². The highest BCUT2D eigenvalue weighted by Crippen LogP contribution is 2.29. The molecular formula is C8H5Cl2NO3S. The highest BCUT2D eigenvalue weighted by atomic mass is 35.7. The van der Waals surface area contributed by atoms with Crippen LogP contribution in [0.5, 0.6) is 0 Å². The molecule has 0 fully saturated rings. The Morgan fingerprint density at radius 2 is 2.07 bits per heavy atom. The molecule has 0 saturated heterocycles. The van der Waals surface area contributed by atoms with Gasteiger partial charge >= 0.3 is 0 Å². The molecular weight excluding hydrogens is 261 g/mol. The molecule has 7 heteroatoms. The van der Waals surface area contributed by atoms with Crippen molar-refractivity contribution in [1.29, 1.82) is 5.26 Å². The van der Waals surface area contributed by atoms with Gasteiger partial charge in [-0.2, -0.15) is 5.26 Å². The number of hydrogen-bond acceptors (Lipinski definition) is 4. The minimum absolute atomic E-state index is 0.0642. The Labute approximate surface area is 96.1 Å². The lowest BCUT2D eigenvalue weighted by atomic mass is 10.1. The molecule has 0 spiro atoms. The molecule has 0 aliphatic rings. The molecule has 0 aliphatic heterocycles. The monoisotopic (exact) mass is 265 g/mol. The summed E-state index contributed by atoms with van der Waals surface area (Å²) in [5.74, 6) is 0. The molecule has 0 heterocycles. The van der Waals surface area contributed by atoms with E-state index in [1.54, 1.807) is 6.07 Å². The van der Waals surface area contributed by atoms with Crippen molar-refractivity contribution in [3.8, 4) is 6.07 Å². The van der Waals surface area contributed by atoms with Crippen LogP contribution in [0.15, 0.2) is 17.0 Å². The minimum Gasteiger partial charge on any atom is -0.392 e. The lowest BCUT2D eigenvalue weighted by Crippen LogP contribution is -2.00. The first-order valence-electron chi connectivity index (χ1n) is 3.68. The largest absolute Gasteiger partial charge is 0.392 e. The lowest BCUT2D eigenvalue weighted by molar-refractivity contribution is 0.278. The first-order chi connectivity index (χ1) is 6.91. The van der Waals surface area contributed by atoms with E-state index in [2.05, 4.69) is 0 Å². The van der Waals surface area contributed by atoms with Crippen LogP contribution in [-0.4, -0.2) is 13.5 Å². The summed E-state index contributed by atoms with van der Waals surface area (Å²) in [7, 11) is 1.15. The maximum absolute atomic E-state index is 11.1. The number of rotatable bonds is 2. The van der Waals surface area contributed by atoms with Crippen molar-refractivity contribution in [3.05, 3.63) is 28.3 Å². The van der Waals surface area contributed by atoms with Crippen molar-refractivity contribution in [2.24, 2.45) is 0 Å². The summed E-state index contributed by atoms with van der Waals surface area (Å²) in [4.78, 5) is -0.282. The first-order valence-corrected chi connectivity index (χ1v) is 6.37. The Morgan fingerprint density at radius 1 is 1.47 bits per heavy atom. The Morgan fingerprint density at radius 3 is 2.47 bits per heavy atom. The van der Waals surface area contributed by atoms with E-state index >= 15 is 0 Å². The van der Waals surface area contributed by atoms with Crippen LogP contribution in [0.3, 0.4) is 0 Å². The zero-order chi connectivity index (χ0) is 11.6. The van der Waals surface area contributed by atoms with Crippen molar-refractivity contribution in [3.63, 3.8) is 0 Å². The third-order valence-corrected chi connectivity index (χ3v) is 3.58. The fraction of sp³-hybridized carbons (Fsp3) is 0.125. The highest BCUT2D eigenvalue weighted by Gasteiger charge is 2.19. The van der Waals surface area contributed by atoms with Crippen molar-refractivity contribution in [2.45, 2.75) is 11.5 Å². The van der Waals surface area contributed by atoms with Gasteiger partial charge < -0.3 is 5.11 Å². The Bertz CT molecular complexity index is 534. The molecule has 0 amide bonds. The van der Waals surface area contributed by atoms with Crippen LogP contribution in [0, 0.1) is 11.3 Å². The van der Waals surface area contributed by atoms with Crippen molar-refractivity contribution in [2.75, 3.05) is 0 Å². The van der Waals surface area contributed by atoms with Gasteiger partial charge in [-0.25, -0.2) is 8.42 Å². The molecule has 4 nitrogen and oxygen atoms in total. The predicted molar refractivity (Wildman–Crippen MR) is 55.1 cm³/mol. The van der Waals surface area contributed by atoms with E-state index in [0.717, 1.165) is 6.07 Å². The molecule has 0 unspecified atom stereocenters. The third kappa shape index (κ3) is 2.41. The average Bonchev–Trinajstić information content (AvgIpc) is 2.15. The molecule has 15 heavy (non-hydrogen) atoms. The van der Waals surface area contributed by atoms with Crippen molar-refractivity contribution >= 4 is 31.3 Å². The Kier molecular flexibility index (Phi) is 3.58. The standard InChI is InChI=1S/C8H5Cl2NO3S/c9-8-5(3-11)1-2-7(6(8)4-12)15(10,13)14/h1-2,12H,4H2. The van der Waals surface area contributed by atoms with Gasteiger partial charge in [-0.3, -0.25) is 0 Å². The lowest BCUT2D eigenvalue weighted by Gasteiger charge is -2.07. The molecule has 1 aromatic rings. The second kappa shape index (κ2) is 4.37. The van der Waals surface area contributed by atoms with Crippen LogP contribution in [0.2, 0.25) is 5.02 Å². The van der Waals surface area contributed by atoms with Crippen molar-refractivity contribution < 1.29 is 13.5 Å². The zero-order valence-electron chi connectivity index (χ0n) is 7.24. The van der Waals surface area contributed by atoms with Crippen LogP contribution in [0.25, 0.3) is 0 Å². The van der Waals surface area contributed by atoms with Crippen LogP contribution in [-0.2, 0) is 15.7 Å². The summed E-state index contributed by atoms with van der Waals surface area (Å²) in [5, 5.41) is 17.5. The quantitative estimate of drug-likeness (QED) is 0.825. The number of benzene rings is 1. The number of nitriles is 1. The Hall–Kier alpha value is -0.800. The summed E-state index contributed by atoms with van der Waals surface area (Å²) in [6.45, 7) is -0.602. The van der Waals surface area contributed by atoms with Gasteiger partial charge in [0.05, 0.1) is 22.1 Å². The van der Waals surface area contributed by atoms with Crippen LogP contribution < -0.4 is 0 Å². The molecule has 80 valence electrons. The van der Waals surface area contributed by atoms with E-state index in [-0.39, 0.29) is 21.0 Å². The van der Waals surface area contributed by atoms with Gasteiger partial charge in [-0.05, 0) is 12.1 Å². The summed E-state index contributed by atoms with van der Waals surface area (Å²) in [6.07, 6.45) is 0. The SMILES string of the molecule is N#Cc1ccc(S(=O)(=O)Cl)c(CO)c1Cl. The van der Waals surface area contributed by atoms with Gasteiger partial charge in [0.1, 0.15) is 6.07 Å². The number of nitrogens with zero attached hydrogens (tertiary/aromatic N) is 1. The summed E-state index contributed by atoms with van der Waals surface area (Å²) >= 11 is 5.71. The molecule has 1 N–H and O–H groups in total. The molecule has 0 radical (unpaired) electrons. The molecule has 0 bridgehead atoms. The van der Waals surface area contributed by atoms with Gasteiger partial charge in [0, 0.05) is 16.2 Å².